The van der Waals surface area contributed by atoms with E-state index in [0.717, 1.165) is 0 Å². The third-order valence-corrected chi connectivity index (χ3v) is 4.86. The molecule has 8 heteroatoms. The van der Waals surface area contributed by atoms with Crippen LogP contribution in [0.3, 0.4) is 0 Å². The van der Waals surface area contributed by atoms with Crippen LogP contribution in [0.15, 0.2) is 51.8 Å². The molecule has 0 amide bonds. The van der Waals surface area contributed by atoms with Crippen molar-refractivity contribution in [1.82, 2.24) is 0 Å². The van der Waals surface area contributed by atoms with Crippen LogP contribution in [-0.2, 0) is 10.0 Å². The van der Waals surface area contributed by atoms with Crippen molar-refractivity contribution >= 4 is 44.2 Å². The predicted molar refractivity (Wildman–Crippen MR) is 87.6 cm³/mol. The molecule has 0 radical (unpaired) electrons. The zero-order chi connectivity index (χ0) is 16.6. The molecule has 116 valence electrons. The van der Waals surface area contributed by atoms with Crippen molar-refractivity contribution < 1.29 is 12.8 Å². The van der Waals surface area contributed by atoms with Gasteiger partial charge in [0.2, 0.25) is 5.88 Å². The van der Waals surface area contributed by atoms with Gasteiger partial charge in [-0.25, -0.2) is 8.42 Å². The summed E-state index contributed by atoms with van der Waals surface area (Å²) in [6.07, 6.45) is 0. The van der Waals surface area contributed by atoms with Crippen molar-refractivity contribution in [1.29, 1.82) is 5.26 Å². The van der Waals surface area contributed by atoms with Crippen molar-refractivity contribution in [2.75, 3.05) is 10.5 Å². The lowest BCUT2D eigenvalue weighted by Gasteiger charge is -2.09. The number of nitriles is 1. The van der Waals surface area contributed by atoms with Crippen LogP contribution in [0.1, 0.15) is 5.56 Å². The van der Waals surface area contributed by atoms with Crippen LogP contribution < -0.4 is 10.5 Å². The molecule has 0 unspecified atom stereocenters. The van der Waals surface area contributed by atoms with Gasteiger partial charge in [-0.2, -0.15) is 5.26 Å². The molecule has 0 saturated heterocycles. The highest BCUT2D eigenvalue weighted by Crippen LogP contribution is 2.34. The number of fused-ring (bicyclic) bond motifs is 1. The number of benzene rings is 2. The number of rotatable bonds is 3. The van der Waals surface area contributed by atoms with Gasteiger partial charge in [0, 0.05) is 5.02 Å². The Morgan fingerprint density at radius 2 is 1.87 bits per heavy atom. The average Bonchev–Trinajstić information content (AvgIpc) is 2.83. The number of nitrogens with zero attached hydrogens (tertiary/aromatic N) is 1. The van der Waals surface area contributed by atoms with Gasteiger partial charge in [0.05, 0.1) is 16.0 Å². The third-order valence-electron chi connectivity index (χ3n) is 3.22. The minimum atomic E-state index is -3.84. The van der Waals surface area contributed by atoms with Gasteiger partial charge in [-0.1, -0.05) is 17.7 Å². The Hall–Kier alpha value is -2.69. The topological polar surface area (TPSA) is 109 Å². The summed E-state index contributed by atoms with van der Waals surface area (Å²) in [6, 6.07) is 12.4. The summed E-state index contributed by atoms with van der Waals surface area (Å²) in [5.74, 6) is -0.0550. The number of sulfonamides is 1. The van der Waals surface area contributed by atoms with Crippen molar-refractivity contribution in [3.63, 3.8) is 0 Å². The van der Waals surface area contributed by atoms with Crippen LogP contribution in [0, 0.1) is 11.3 Å². The summed E-state index contributed by atoms with van der Waals surface area (Å²) in [4.78, 5) is 0.0499. The molecule has 0 atom stereocenters. The van der Waals surface area contributed by atoms with Gasteiger partial charge in [-0.05, 0) is 36.4 Å². The van der Waals surface area contributed by atoms with Gasteiger partial charge in [0.15, 0.2) is 0 Å². The smallest absolute Gasteiger partial charge is 0.261 e. The zero-order valence-electron chi connectivity index (χ0n) is 11.6. The Labute approximate surface area is 137 Å². The number of nitrogen functional groups attached to an aromatic ring is 1. The van der Waals surface area contributed by atoms with Gasteiger partial charge in [-0.3, -0.25) is 4.72 Å². The molecular formula is C15H10ClN3O3S. The van der Waals surface area contributed by atoms with E-state index in [1.807, 2.05) is 6.07 Å². The minimum absolute atomic E-state index is 0.0499. The van der Waals surface area contributed by atoms with Crippen LogP contribution >= 0.6 is 11.6 Å². The van der Waals surface area contributed by atoms with Crippen molar-refractivity contribution in [2.24, 2.45) is 0 Å². The molecule has 0 fully saturated rings. The second-order valence-corrected chi connectivity index (χ2v) is 6.81. The highest BCUT2D eigenvalue weighted by atomic mass is 35.5. The highest BCUT2D eigenvalue weighted by Gasteiger charge is 2.20. The molecule has 3 aromatic rings. The van der Waals surface area contributed by atoms with Crippen molar-refractivity contribution in [2.45, 2.75) is 4.90 Å². The van der Waals surface area contributed by atoms with E-state index in [0.29, 0.717) is 16.0 Å². The first-order valence-electron chi connectivity index (χ1n) is 6.42. The molecule has 0 aliphatic rings. The fraction of sp³-hybridized carbons (Fsp3) is 0. The monoisotopic (exact) mass is 347 g/mol. The molecule has 0 aliphatic carbocycles. The SMILES string of the molecule is N#Cc1c(N)oc2cccc(NS(=O)(=O)c3ccc(Cl)cc3)c12. The summed E-state index contributed by atoms with van der Waals surface area (Å²) in [6.45, 7) is 0. The number of hydrogen-bond acceptors (Lipinski definition) is 5. The lowest BCUT2D eigenvalue weighted by Crippen LogP contribution is -2.13. The van der Waals surface area contributed by atoms with Gasteiger partial charge in [0.25, 0.3) is 10.0 Å². The van der Waals surface area contributed by atoms with E-state index in [2.05, 4.69) is 4.72 Å². The van der Waals surface area contributed by atoms with Gasteiger partial charge in [0.1, 0.15) is 17.2 Å². The summed E-state index contributed by atoms with van der Waals surface area (Å²) in [5, 5.41) is 9.95. The largest absolute Gasteiger partial charge is 0.439 e. The van der Waals surface area contributed by atoms with E-state index in [9.17, 15) is 13.7 Å². The molecule has 1 aromatic heterocycles. The first kappa shape index (κ1) is 15.2. The normalized spacial score (nSPS) is 11.3. The number of anilines is 2. The maximum absolute atomic E-state index is 12.5. The minimum Gasteiger partial charge on any atom is -0.439 e. The first-order valence-corrected chi connectivity index (χ1v) is 8.28. The number of furan rings is 1. The number of hydrogen-bond donors (Lipinski definition) is 2. The van der Waals surface area contributed by atoms with E-state index in [4.69, 9.17) is 21.8 Å². The van der Waals surface area contributed by atoms with Crippen molar-refractivity contribution in [3.05, 3.63) is 53.1 Å². The Kier molecular flexibility index (Phi) is 3.64. The summed E-state index contributed by atoms with van der Waals surface area (Å²) in [5.41, 5.74) is 6.28. The quantitative estimate of drug-likeness (QED) is 0.755. The summed E-state index contributed by atoms with van der Waals surface area (Å²) >= 11 is 5.76. The maximum atomic E-state index is 12.5. The lowest BCUT2D eigenvalue weighted by atomic mass is 10.1. The summed E-state index contributed by atoms with van der Waals surface area (Å²) < 4.78 is 32.6. The highest BCUT2D eigenvalue weighted by molar-refractivity contribution is 7.92. The van der Waals surface area contributed by atoms with Crippen LogP contribution in [0.2, 0.25) is 5.02 Å². The Morgan fingerprint density at radius 1 is 1.17 bits per heavy atom. The average molecular weight is 348 g/mol. The van der Waals surface area contributed by atoms with E-state index >= 15 is 0 Å². The molecule has 0 bridgehead atoms. The number of nitrogens with one attached hydrogen (secondary N) is 1. The number of halogens is 1. The Morgan fingerprint density at radius 3 is 2.52 bits per heavy atom. The van der Waals surface area contributed by atoms with E-state index in [1.54, 1.807) is 12.1 Å². The van der Waals surface area contributed by atoms with Gasteiger partial charge in [-0.15, -0.1) is 0 Å². The maximum Gasteiger partial charge on any atom is 0.261 e. The second-order valence-electron chi connectivity index (χ2n) is 4.69. The fourth-order valence-corrected chi connectivity index (χ4v) is 3.38. The number of nitrogens with two attached hydrogens (primary N) is 1. The molecule has 0 aliphatic heterocycles. The molecule has 0 spiro atoms. The van der Waals surface area contributed by atoms with Crippen LogP contribution in [0.25, 0.3) is 11.0 Å². The van der Waals surface area contributed by atoms with Crippen LogP contribution in [0.4, 0.5) is 11.6 Å². The molecule has 0 saturated carbocycles. The van der Waals surface area contributed by atoms with Crippen LogP contribution in [-0.4, -0.2) is 8.42 Å². The van der Waals surface area contributed by atoms with E-state index in [1.165, 1.54) is 30.3 Å². The molecule has 1 heterocycles. The molecule has 3 N–H and O–H groups in total. The van der Waals surface area contributed by atoms with Crippen LogP contribution in [0.5, 0.6) is 0 Å². The fourth-order valence-electron chi connectivity index (χ4n) is 2.18. The zero-order valence-corrected chi connectivity index (χ0v) is 13.1. The standard InChI is InChI=1S/C15H10ClN3O3S/c16-9-4-6-10(7-5-9)23(20,21)19-12-2-1-3-13-14(12)11(8-17)15(18)22-13/h1-7,19H,18H2. The second kappa shape index (κ2) is 5.50. The lowest BCUT2D eigenvalue weighted by molar-refractivity contribution is 0.601. The molecular weight excluding hydrogens is 338 g/mol. The molecule has 23 heavy (non-hydrogen) atoms. The van der Waals surface area contributed by atoms with E-state index < -0.39 is 10.0 Å². The molecule has 3 rings (SSSR count). The van der Waals surface area contributed by atoms with E-state index in [-0.39, 0.29) is 22.0 Å². The van der Waals surface area contributed by atoms with Gasteiger partial charge >= 0.3 is 0 Å². The Balaban J connectivity index is 2.11. The first-order chi connectivity index (χ1) is 10.9. The molecule has 2 aromatic carbocycles. The van der Waals surface area contributed by atoms with Gasteiger partial charge < -0.3 is 10.2 Å². The summed E-state index contributed by atoms with van der Waals surface area (Å²) in [7, 11) is -3.84. The third kappa shape index (κ3) is 2.70. The molecule has 6 nitrogen and oxygen atoms in total. The predicted octanol–water partition coefficient (Wildman–Crippen LogP) is 3.34. The van der Waals surface area contributed by atoms with Crippen molar-refractivity contribution in [3.8, 4) is 6.07 Å². The Bertz CT molecular complexity index is 1030.